The summed E-state index contributed by atoms with van der Waals surface area (Å²) in [7, 11) is 0. The molecule has 1 aromatic carbocycles. The van der Waals surface area contributed by atoms with Crippen LogP contribution in [0.15, 0.2) is 18.2 Å². The van der Waals surface area contributed by atoms with Crippen molar-refractivity contribution < 1.29 is 14.6 Å². The zero-order valence-corrected chi connectivity index (χ0v) is 10.6. The monoisotopic (exact) mass is 253 g/mol. The van der Waals surface area contributed by atoms with Gasteiger partial charge in [0.15, 0.2) is 0 Å². The number of aliphatic hydroxyl groups excluding tert-OH is 2. The Bertz CT molecular complexity index is 409. The van der Waals surface area contributed by atoms with Crippen molar-refractivity contribution >= 4 is 5.69 Å². The molecule has 2 rings (SSSR count). The fourth-order valence-electron chi connectivity index (χ4n) is 2.63. The molecule has 1 aliphatic heterocycles. The molecule has 0 aromatic heterocycles. The number of piperidine rings is 1. The van der Waals surface area contributed by atoms with E-state index in [0.29, 0.717) is 5.56 Å². The Morgan fingerprint density at radius 2 is 2.22 bits per heavy atom. The predicted molar refractivity (Wildman–Crippen MR) is 69.1 cm³/mol. The average Bonchev–Trinajstić information content (AvgIpc) is 2.38. The quantitative estimate of drug-likeness (QED) is 0.868. The number of aliphatic hydroxyl groups is 2. The van der Waals surface area contributed by atoms with Gasteiger partial charge in [-0.3, -0.25) is 0 Å². The Morgan fingerprint density at radius 1 is 1.44 bits per heavy atom. The molecule has 18 heavy (non-hydrogen) atoms. The van der Waals surface area contributed by atoms with Crippen LogP contribution in [0.5, 0.6) is 0 Å². The third kappa shape index (κ3) is 2.65. The lowest BCUT2D eigenvalue weighted by Crippen LogP contribution is -2.42. The van der Waals surface area contributed by atoms with Gasteiger partial charge in [-0.2, -0.15) is 0 Å². The summed E-state index contributed by atoms with van der Waals surface area (Å²) in [6, 6.07) is 4.56. The van der Waals surface area contributed by atoms with Crippen LogP contribution < -0.4 is 4.90 Å². The maximum Gasteiger partial charge on any atom is 0.123 e. The van der Waals surface area contributed by atoms with Crippen LogP contribution in [0, 0.1) is 5.82 Å². The number of rotatable bonds is 3. The Morgan fingerprint density at radius 3 is 2.89 bits per heavy atom. The van der Waals surface area contributed by atoms with Crippen LogP contribution >= 0.6 is 0 Å². The van der Waals surface area contributed by atoms with Crippen molar-refractivity contribution in [3.05, 3.63) is 29.6 Å². The molecular formula is C14H20FNO2. The summed E-state index contributed by atoms with van der Waals surface area (Å²) in [6.07, 6.45) is 2.39. The van der Waals surface area contributed by atoms with Crippen LogP contribution in [0.2, 0.25) is 0 Å². The minimum Gasteiger partial charge on any atom is -0.394 e. The van der Waals surface area contributed by atoms with Gasteiger partial charge in [0, 0.05) is 17.8 Å². The molecule has 0 aliphatic carbocycles. The average molecular weight is 253 g/mol. The van der Waals surface area contributed by atoms with E-state index in [1.165, 1.54) is 12.1 Å². The van der Waals surface area contributed by atoms with E-state index in [2.05, 4.69) is 4.90 Å². The van der Waals surface area contributed by atoms with E-state index < -0.39 is 6.10 Å². The van der Waals surface area contributed by atoms with Crippen LogP contribution in [0.4, 0.5) is 10.1 Å². The van der Waals surface area contributed by atoms with Gasteiger partial charge in [-0.15, -0.1) is 0 Å². The molecule has 1 heterocycles. The number of halogens is 1. The fraction of sp³-hybridized carbons (Fsp3) is 0.571. The smallest absolute Gasteiger partial charge is 0.123 e. The molecule has 0 saturated carbocycles. The van der Waals surface area contributed by atoms with Crippen molar-refractivity contribution in [1.82, 2.24) is 0 Å². The summed E-state index contributed by atoms with van der Waals surface area (Å²) in [5.74, 6) is -0.341. The largest absolute Gasteiger partial charge is 0.394 e. The molecule has 1 unspecified atom stereocenters. The van der Waals surface area contributed by atoms with Gasteiger partial charge in [0.05, 0.1) is 18.8 Å². The SMILES string of the molecule is C[C@H](O)c1cc(F)ccc1N1CCCCC1CO. The Balaban J connectivity index is 2.36. The highest BCUT2D eigenvalue weighted by Crippen LogP contribution is 2.31. The first kappa shape index (κ1) is 13.3. The highest BCUT2D eigenvalue weighted by Gasteiger charge is 2.24. The Hall–Kier alpha value is -1.13. The van der Waals surface area contributed by atoms with E-state index in [1.54, 1.807) is 13.0 Å². The van der Waals surface area contributed by atoms with Crippen LogP contribution in [0.1, 0.15) is 37.9 Å². The number of hydrogen-bond donors (Lipinski definition) is 2. The summed E-state index contributed by atoms with van der Waals surface area (Å²) >= 11 is 0. The summed E-state index contributed by atoms with van der Waals surface area (Å²) in [6.45, 7) is 2.57. The van der Waals surface area contributed by atoms with Gasteiger partial charge >= 0.3 is 0 Å². The fourth-order valence-corrected chi connectivity index (χ4v) is 2.63. The van der Waals surface area contributed by atoms with Gasteiger partial charge in [-0.05, 0) is 44.4 Å². The van der Waals surface area contributed by atoms with Gasteiger partial charge in [0.25, 0.3) is 0 Å². The summed E-state index contributed by atoms with van der Waals surface area (Å²) < 4.78 is 13.3. The molecule has 1 aromatic rings. The van der Waals surface area contributed by atoms with Crippen LogP contribution in [-0.4, -0.2) is 29.4 Å². The maximum absolute atomic E-state index is 13.3. The Kier molecular flexibility index (Phi) is 4.19. The molecule has 0 bridgehead atoms. The van der Waals surface area contributed by atoms with Crippen LogP contribution in [-0.2, 0) is 0 Å². The number of benzene rings is 1. The zero-order valence-electron chi connectivity index (χ0n) is 10.6. The van der Waals surface area contributed by atoms with Gasteiger partial charge < -0.3 is 15.1 Å². The van der Waals surface area contributed by atoms with Crippen molar-refractivity contribution in [2.24, 2.45) is 0 Å². The minimum atomic E-state index is -0.711. The lowest BCUT2D eigenvalue weighted by molar-refractivity contribution is 0.197. The van der Waals surface area contributed by atoms with Crippen molar-refractivity contribution in [3.8, 4) is 0 Å². The number of hydrogen-bond acceptors (Lipinski definition) is 3. The molecule has 4 heteroatoms. The highest BCUT2D eigenvalue weighted by molar-refractivity contribution is 5.56. The topological polar surface area (TPSA) is 43.7 Å². The van der Waals surface area contributed by atoms with Gasteiger partial charge in [0.1, 0.15) is 5.82 Å². The van der Waals surface area contributed by atoms with Crippen molar-refractivity contribution in [3.63, 3.8) is 0 Å². The minimum absolute atomic E-state index is 0.0710. The van der Waals surface area contributed by atoms with Crippen LogP contribution in [0.25, 0.3) is 0 Å². The second kappa shape index (κ2) is 5.67. The molecule has 3 nitrogen and oxygen atoms in total. The van der Waals surface area contributed by atoms with Crippen molar-refractivity contribution in [2.75, 3.05) is 18.1 Å². The van der Waals surface area contributed by atoms with E-state index in [9.17, 15) is 14.6 Å². The molecule has 0 spiro atoms. The van der Waals surface area contributed by atoms with E-state index in [1.807, 2.05) is 0 Å². The molecule has 0 radical (unpaired) electrons. The van der Waals surface area contributed by atoms with Gasteiger partial charge in [-0.1, -0.05) is 0 Å². The Labute approximate surface area is 107 Å². The number of anilines is 1. The van der Waals surface area contributed by atoms with Crippen molar-refractivity contribution in [2.45, 2.75) is 38.3 Å². The van der Waals surface area contributed by atoms with E-state index in [4.69, 9.17) is 0 Å². The second-order valence-corrected chi connectivity index (χ2v) is 4.90. The highest BCUT2D eigenvalue weighted by atomic mass is 19.1. The maximum atomic E-state index is 13.3. The molecule has 0 amide bonds. The molecule has 1 fully saturated rings. The van der Waals surface area contributed by atoms with Crippen molar-refractivity contribution in [1.29, 1.82) is 0 Å². The standard InChI is InChI=1S/C14H20FNO2/c1-10(18)13-8-11(15)5-6-14(13)16-7-3-2-4-12(16)9-17/h5-6,8,10,12,17-18H,2-4,7,9H2,1H3/t10-,12?/m0/s1. The molecule has 100 valence electrons. The first-order valence-corrected chi connectivity index (χ1v) is 6.48. The molecule has 2 atom stereocenters. The zero-order chi connectivity index (χ0) is 13.1. The van der Waals surface area contributed by atoms with Gasteiger partial charge in [0.2, 0.25) is 0 Å². The molecule has 1 aliphatic rings. The summed E-state index contributed by atoms with van der Waals surface area (Å²) in [5.41, 5.74) is 1.43. The molecular weight excluding hydrogens is 233 g/mol. The summed E-state index contributed by atoms with van der Waals surface area (Å²) in [4.78, 5) is 2.09. The third-order valence-corrected chi connectivity index (χ3v) is 3.59. The first-order valence-electron chi connectivity index (χ1n) is 6.48. The van der Waals surface area contributed by atoms with Crippen LogP contribution in [0.3, 0.4) is 0 Å². The lowest BCUT2D eigenvalue weighted by Gasteiger charge is -2.38. The van der Waals surface area contributed by atoms with E-state index in [-0.39, 0.29) is 18.5 Å². The molecule has 2 N–H and O–H groups in total. The summed E-state index contributed by atoms with van der Waals surface area (Å²) in [5, 5.41) is 19.2. The lowest BCUT2D eigenvalue weighted by atomic mass is 9.99. The predicted octanol–water partition coefficient (Wildman–Crippen LogP) is 2.23. The first-order chi connectivity index (χ1) is 8.63. The number of nitrogens with zero attached hydrogens (tertiary/aromatic N) is 1. The van der Waals surface area contributed by atoms with Gasteiger partial charge in [-0.25, -0.2) is 4.39 Å². The van der Waals surface area contributed by atoms with E-state index >= 15 is 0 Å². The molecule has 1 saturated heterocycles. The normalized spacial score (nSPS) is 22.0. The van der Waals surface area contributed by atoms with E-state index in [0.717, 1.165) is 31.5 Å². The second-order valence-electron chi connectivity index (χ2n) is 4.90. The third-order valence-electron chi connectivity index (χ3n) is 3.59.